The normalized spacial score (nSPS) is 9.95. The predicted molar refractivity (Wildman–Crippen MR) is 85.0 cm³/mol. The Balaban J connectivity index is 1.97. The van der Waals surface area contributed by atoms with Gasteiger partial charge >= 0.3 is 0 Å². The molecular formula is C17H18N2O2. The first-order valence-electron chi connectivity index (χ1n) is 6.56. The molecule has 0 aliphatic carbocycles. The highest BCUT2D eigenvalue weighted by Gasteiger charge is 2.04. The van der Waals surface area contributed by atoms with E-state index >= 15 is 0 Å². The monoisotopic (exact) mass is 282 g/mol. The van der Waals surface area contributed by atoms with Gasteiger partial charge in [-0.05, 0) is 35.4 Å². The first-order valence-corrected chi connectivity index (χ1v) is 6.56. The van der Waals surface area contributed by atoms with Crippen molar-refractivity contribution in [3.05, 3.63) is 66.2 Å². The maximum absolute atomic E-state index is 11.0. The van der Waals surface area contributed by atoms with E-state index in [1.54, 1.807) is 7.11 Å². The number of amides is 1. The molecule has 108 valence electrons. The molecule has 0 bridgehead atoms. The molecule has 0 unspecified atom stereocenters. The predicted octanol–water partition coefficient (Wildman–Crippen LogP) is 2.81. The molecule has 0 saturated carbocycles. The average Bonchev–Trinajstić information content (AvgIpc) is 2.53. The van der Waals surface area contributed by atoms with Gasteiger partial charge in [0.1, 0.15) is 5.75 Å². The van der Waals surface area contributed by atoms with E-state index in [1.165, 1.54) is 0 Å². The van der Waals surface area contributed by atoms with Crippen LogP contribution in [0.25, 0.3) is 5.57 Å². The van der Waals surface area contributed by atoms with E-state index < -0.39 is 5.91 Å². The van der Waals surface area contributed by atoms with Gasteiger partial charge < -0.3 is 15.8 Å². The third-order valence-corrected chi connectivity index (χ3v) is 3.19. The van der Waals surface area contributed by atoms with Gasteiger partial charge in [0.25, 0.3) is 0 Å². The molecule has 0 heterocycles. The van der Waals surface area contributed by atoms with Crippen LogP contribution in [0.5, 0.6) is 5.75 Å². The number of hydrogen-bond donors (Lipinski definition) is 2. The number of benzene rings is 2. The Kier molecular flexibility index (Phi) is 4.61. The van der Waals surface area contributed by atoms with Crippen LogP contribution in [0.15, 0.2) is 55.1 Å². The van der Waals surface area contributed by atoms with Crippen molar-refractivity contribution < 1.29 is 9.53 Å². The number of primary amides is 1. The number of rotatable bonds is 6. The van der Waals surface area contributed by atoms with Crippen molar-refractivity contribution in [3.63, 3.8) is 0 Å². The van der Waals surface area contributed by atoms with Crippen LogP contribution in [0.4, 0.5) is 5.69 Å². The molecule has 3 N–H and O–H groups in total. The Labute approximate surface area is 124 Å². The van der Waals surface area contributed by atoms with Crippen LogP contribution in [0.2, 0.25) is 0 Å². The Morgan fingerprint density at radius 3 is 2.29 bits per heavy atom. The topological polar surface area (TPSA) is 64.4 Å². The van der Waals surface area contributed by atoms with Gasteiger partial charge in [-0.15, -0.1) is 0 Å². The number of anilines is 1. The second-order valence-electron chi connectivity index (χ2n) is 4.62. The van der Waals surface area contributed by atoms with Crippen LogP contribution >= 0.6 is 0 Å². The third-order valence-electron chi connectivity index (χ3n) is 3.19. The summed E-state index contributed by atoms with van der Waals surface area (Å²) in [6.07, 6.45) is 0. The minimum absolute atomic E-state index is 0.324. The fraction of sp³-hybridized carbons (Fsp3) is 0.118. The second-order valence-corrected chi connectivity index (χ2v) is 4.62. The van der Waals surface area contributed by atoms with Crippen molar-refractivity contribution >= 4 is 17.2 Å². The van der Waals surface area contributed by atoms with Crippen LogP contribution in [-0.4, -0.2) is 13.0 Å². The van der Waals surface area contributed by atoms with Crippen LogP contribution in [0, 0.1) is 0 Å². The van der Waals surface area contributed by atoms with Gasteiger partial charge in [-0.3, -0.25) is 4.79 Å². The van der Waals surface area contributed by atoms with Crippen molar-refractivity contribution in [2.75, 3.05) is 12.4 Å². The maximum atomic E-state index is 11.0. The lowest BCUT2D eigenvalue weighted by molar-refractivity contribution is -0.112. The number of carbonyl (C=O) groups excluding carboxylic acids is 1. The standard InChI is InChI=1S/C17H18N2O2/c1-12(17(18)20)14-5-3-13(4-6-14)11-19-15-7-9-16(21-2)10-8-15/h3-10,19H,1,11H2,2H3,(H2,18,20). The quantitative estimate of drug-likeness (QED) is 0.801. The van der Waals surface area contributed by atoms with Gasteiger partial charge in [-0.25, -0.2) is 0 Å². The van der Waals surface area contributed by atoms with E-state index in [0.717, 1.165) is 22.6 Å². The molecule has 0 aromatic heterocycles. The van der Waals surface area contributed by atoms with Gasteiger partial charge in [0.15, 0.2) is 0 Å². The highest BCUT2D eigenvalue weighted by Crippen LogP contribution is 2.17. The fourth-order valence-electron chi connectivity index (χ4n) is 1.88. The van der Waals surface area contributed by atoms with Crippen molar-refractivity contribution in [2.24, 2.45) is 5.73 Å². The van der Waals surface area contributed by atoms with Crippen molar-refractivity contribution in [1.29, 1.82) is 0 Å². The molecule has 0 saturated heterocycles. The summed E-state index contributed by atoms with van der Waals surface area (Å²) in [4.78, 5) is 11.0. The zero-order valence-corrected chi connectivity index (χ0v) is 11.9. The number of nitrogens with two attached hydrogens (primary N) is 1. The van der Waals surface area contributed by atoms with E-state index in [-0.39, 0.29) is 0 Å². The molecular weight excluding hydrogens is 264 g/mol. The lowest BCUT2D eigenvalue weighted by Crippen LogP contribution is -2.11. The summed E-state index contributed by atoms with van der Waals surface area (Å²) in [5, 5.41) is 3.31. The van der Waals surface area contributed by atoms with Gasteiger partial charge in [-0.2, -0.15) is 0 Å². The van der Waals surface area contributed by atoms with Gasteiger partial charge in [0.05, 0.1) is 7.11 Å². The lowest BCUT2D eigenvalue weighted by Gasteiger charge is -2.08. The molecule has 2 aromatic rings. The molecule has 0 fully saturated rings. The van der Waals surface area contributed by atoms with E-state index in [9.17, 15) is 4.79 Å². The van der Waals surface area contributed by atoms with E-state index in [0.29, 0.717) is 12.1 Å². The number of carbonyl (C=O) groups is 1. The summed E-state index contributed by atoms with van der Waals surface area (Å²) in [6, 6.07) is 15.3. The van der Waals surface area contributed by atoms with Crippen LogP contribution in [-0.2, 0) is 11.3 Å². The van der Waals surface area contributed by atoms with Crippen molar-refractivity contribution in [3.8, 4) is 5.75 Å². The van der Waals surface area contributed by atoms with Crippen LogP contribution in [0.1, 0.15) is 11.1 Å². The summed E-state index contributed by atoms with van der Waals surface area (Å²) >= 11 is 0. The Morgan fingerprint density at radius 1 is 1.14 bits per heavy atom. The largest absolute Gasteiger partial charge is 0.497 e. The summed E-state index contributed by atoms with van der Waals surface area (Å²) in [7, 11) is 1.64. The first-order chi connectivity index (χ1) is 10.1. The molecule has 0 aliphatic heterocycles. The summed E-state index contributed by atoms with van der Waals surface area (Å²) in [5.74, 6) is 0.328. The fourth-order valence-corrected chi connectivity index (χ4v) is 1.88. The highest BCUT2D eigenvalue weighted by atomic mass is 16.5. The zero-order chi connectivity index (χ0) is 15.2. The minimum Gasteiger partial charge on any atom is -0.497 e. The SMILES string of the molecule is C=C(C(N)=O)c1ccc(CNc2ccc(OC)cc2)cc1. The van der Waals surface area contributed by atoms with E-state index in [2.05, 4.69) is 11.9 Å². The summed E-state index contributed by atoms with van der Waals surface area (Å²) in [5.41, 5.74) is 8.39. The average molecular weight is 282 g/mol. The smallest absolute Gasteiger partial charge is 0.248 e. The lowest BCUT2D eigenvalue weighted by atomic mass is 10.1. The molecule has 0 radical (unpaired) electrons. The number of ether oxygens (including phenoxy) is 1. The molecule has 0 atom stereocenters. The third kappa shape index (κ3) is 3.86. The zero-order valence-electron chi connectivity index (χ0n) is 11.9. The highest BCUT2D eigenvalue weighted by molar-refractivity contribution is 6.17. The number of nitrogens with one attached hydrogen (secondary N) is 1. The first kappa shape index (κ1) is 14.7. The maximum Gasteiger partial charge on any atom is 0.248 e. The molecule has 0 aliphatic rings. The van der Waals surface area contributed by atoms with Crippen LogP contribution < -0.4 is 15.8 Å². The molecule has 2 aromatic carbocycles. The number of hydrogen-bond acceptors (Lipinski definition) is 3. The summed E-state index contributed by atoms with van der Waals surface area (Å²) < 4.78 is 5.11. The Morgan fingerprint density at radius 2 is 1.76 bits per heavy atom. The molecule has 0 spiro atoms. The molecule has 21 heavy (non-hydrogen) atoms. The van der Waals surface area contributed by atoms with Gasteiger partial charge in [0, 0.05) is 17.8 Å². The molecule has 2 rings (SSSR count). The second kappa shape index (κ2) is 6.61. The van der Waals surface area contributed by atoms with Crippen LogP contribution in [0.3, 0.4) is 0 Å². The molecule has 1 amide bonds. The van der Waals surface area contributed by atoms with Crippen molar-refractivity contribution in [1.82, 2.24) is 0 Å². The van der Waals surface area contributed by atoms with E-state index in [4.69, 9.17) is 10.5 Å². The molecule has 4 nitrogen and oxygen atoms in total. The van der Waals surface area contributed by atoms with Crippen molar-refractivity contribution in [2.45, 2.75) is 6.54 Å². The van der Waals surface area contributed by atoms with Gasteiger partial charge in [0.2, 0.25) is 5.91 Å². The van der Waals surface area contributed by atoms with E-state index in [1.807, 2.05) is 48.5 Å². The summed E-state index contributed by atoms with van der Waals surface area (Å²) in [6.45, 7) is 4.35. The molecule has 4 heteroatoms. The minimum atomic E-state index is -0.501. The Hall–Kier alpha value is -2.75. The number of methoxy groups -OCH3 is 1. The Bertz CT molecular complexity index is 631. The van der Waals surface area contributed by atoms with Gasteiger partial charge in [-0.1, -0.05) is 30.8 Å².